The molecule has 1 rings (SSSR count). The predicted molar refractivity (Wildman–Crippen MR) is 52.1 cm³/mol. The summed E-state index contributed by atoms with van der Waals surface area (Å²) < 4.78 is 5.59. The maximum atomic E-state index is 5.59. The van der Waals surface area contributed by atoms with Gasteiger partial charge in [0.05, 0.1) is 6.61 Å². The quantitative estimate of drug-likeness (QED) is 0.547. The Morgan fingerprint density at radius 3 is 2.92 bits per heavy atom. The summed E-state index contributed by atoms with van der Waals surface area (Å²) in [7, 11) is 0. The van der Waals surface area contributed by atoms with E-state index in [1.807, 2.05) is 0 Å². The van der Waals surface area contributed by atoms with Gasteiger partial charge in [-0.2, -0.15) is 0 Å². The minimum Gasteiger partial charge on any atom is -0.381 e. The predicted octanol–water partition coefficient (Wildman–Crippen LogP) is 3.02. The molecule has 0 spiro atoms. The van der Waals surface area contributed by atoms with Crippen molar-refractivity contribution in [1.29, 1.82) is 0 Å². The van der Waals surface area contributed by atoms with Crippen molar-refractivity contribution in [3.63, 3.8) is 0 Å². The van der Waals surface area contributed by atoms with E-state index in [2.05, 4.69) is 26.8 Å². The number of hydrogen-bond donors (Lipinski definition) is 0. The first-order valence-electron chi connectivity index (χ1n) is 4.97. The lowest BCUT2D eigenvalue weighted by molar-refractivity contribution is 0.0810. The largest absolute Gasteiger partial charge is 0.381 e. The van der Waals surface area contributed by atoms with Crippen molar-refractivity contribution in [3.8, 4) is 0 Å². The van der Waals surface area contributed by atoms with Crippen LogP contribution in [-0.4, -0.2) is 13.2 Å². The van der Waals surface area contributed by atoms with Crippen LogP contribution in [0, 0.1) is 11.8 Å². The first kappa shape index (κ1) is 9.79. The number of allylic oxidation sites excluding steroid dienone is 1. The van der Waals surface area contributed by atoms with Crippen molar-refractivity contribution >= 4 is 0 Å². The highest BCUT2D eigenvalue weighted by molar-refractivity contribution is 5.02. The van der Waals surface area contributed by atoms with Crippen molar-refractivity contribution in [2.24, 2.45) is 11.8 Å². The summed E-state index contributed by atoms with van der Waals surface area (Å²) in [6, 6.07) is 0. The molecule has 0 fully saturated rings. The van der Waals surface area contributed by atoms with E-state index in [9.17, 15) is 0 Å². The SMILES string of the molecule is CCC1C=C(C)CC(C)COC1. The lowest BCUT2D eigenvalue weighted by atomic mass is 9.96. The second-order valence-electron chi connectivity index (χ2n) is 4.03. The second kappa shape index (κ2) is 4.66. The smallest absolute Gasteiger partial charge is 0.0528 e. The third kappa shape index (κ3) is 2.98. The molecule has 12 heavy (non-hydrogen) atoms. The molecule has 1 heterocycles. The van der Waals surface area contributed by atoms with E-state index in [0.717, 1.165) is 13.2 Å². The Hall–Kier alpha value is -0.300. The third-order valence-electron chi connectivity index (χ3n) is 2.45. The molecule has 2 atom stereocenters. The molecule has 1 nitrogen and oxygen atoms in total. The molecular formula is C11H20O. The van der Waals surface area contributed by atoms with Crippen LogP contribution in [0.1, 0.15) is 33.6 Å². The van der Waals surface area contributed by atoms with Gasteiger partial charge in [0.15, 0.2) is 0 Å². The van der Waals surface area contributed by atoms with Crippen molar-refractivity contribution < 1.29 is 4.74 Å². The molecule has 0 aromatic heterocycles. The molecule has 0 aliphatic carbocycles. The molecule has 0 saturated heterocycles. The number of hydrogen-bond acceptors (Lipinski definition) is 1. The first-order chi connectivity index (χ1) is 5.72. The van der Waals surface area contributed by atoms with Crippen LogP contribution < -0.4 is 0 Å². The van der Waals surface area contributed by atoms with Gasteiger partial charge in [0.1, 0.15) is 0 Å². The Labute approximate surface area is 75.8 Å². The molecule has 0 radical (unpaired) electrons. The van der Waals surface area contributed by atoms with Gasteiger partial charge in [-0.25, -0.2) is 0 Å². The fraction of sp³-hybridized carbons (Fsp3) is 0.818. The summed E-state index contributed by atoms with van der Waals surface area (Å²) in [5.74, 6) is 1.34. The van der Waals surface area contributed by atoms with Crippen LogP contribution in [-0.2, 0) is 4.74 Å². The van der Waals surface area contributed by atoms with Gasteiger partial charge in [-0.1, -0.05) is 25.5 Å². The Kier molecular flexibility index (Phi) is 3.80. The standard InChI is InChI=1S/C11H20O/c1-4-11-6-9(2)5-10(3)7-12-8-11/h6,10-11H,4-5,7-8H2,1-3H3. The lowest BCUT2D eigenvalue weighted by Crippen LogP contribution is -2.15. The van der Waals surface area contributed by atoms with Crippen LogP contribution in [0.25, 0.3) is 0 Å². The van der Waals surface area contributed by atoms with Gasteiger partial charge in [-0.3, -0.25) is 0 Å². The van der Waals surface area contributed by atoms with E-state index in [1.165, 1.54) is 18.4 Å². The highest BCUT2D eigenvalue weighted by Gasteiger charge is 2.11. The van der Waals surface area contributed by atoms with Gasteiger partial charge in [-0.15, -0.1) is 0 Å². The summed E-state index contributed by atoms with van der Waals surface area (Å²) in [6.07, 6.45) is 4.79. The fourth-order valence-corrected chi connectivity index (χ4v) is 1.78. The topological polar surface area (TPSA) is 9.23 Å². The summed E-state index contributed by atoms with van der Waals surface area (Å²) in [5, 5.41) is 0. The van der Waals surface area contributed by atoms with Gasteiger partial charge in [0.2, 0.25) is 0 Å². The molecule has 0 saturated carbocycles. The molecule has 0 N–H and O–H groups in total. The number of ether oxygens (including phenoxy) is 1. The van der Waals surface area contributed by atoms with Crippen molar-refractivity contribution in [2.75, 3.05) is 13.2 Å². The molecule has 70 valence electrons. The zero-order chi connectivity index (χ0) is 8.97. The summed E-state index contributed by atoms with van der Waals surface area (Å²) in [6.45, 7) is 8.57. The summed E-state index contributed by atoms with van der Waals surface area (Å²) >= 11 is 0. The van der Waals surface area contributed by atoms with E-state index in [1.54, 1.807) is 0 Å². The Morgan fingerprint density at radius 1 is 1.50 bits per heavy atom. The molecule has 0 amide bonds. The van der Waals surface area contributed by atoms with E-state index in [0.29, 0.717) is 11.8 Å². The maximum Gasteiger partial charge on any atom is 0.0528 e. The van der Waals surface area contributed by atoms with E-state index >= 15 is 0 Å². The third-order valence-corrected chi connectivity index (χ3v) is 2.45. The average Bonchev–Trinajstić information content (AvgIpc) is 1.99. The molecular weight excluding hydrogens is 148 g/mol. The zero-order valence-electron chi connectivity index (χ0n) is 8.47. The Balaban J connectivity index is 2.55. The average molecular weight is 168 g/mol. The van der Waals surface area contributed by atoms with Crippen LogP contribution in [0.2, 0.25) is 0 Å². The second-order valence-corrected chi connectivity index (χ2v) is 4.03. The van der Waals surface area contributed by atoms with Crippen molar-refractivity contribution in [1.82, 2.24) is 0 Å². The molecule has 2 unspecified atom stereocenters. The van der Waals surface area contributed by atoms with E-state index in [4.69, 9.17) is 4.74 Å². The normalized spacial score (nSPS) is 32.1. The van der Waals surface area contributed by atoms with Crippen LogP contribution >= 0.6 is 0 Å². The molecule has 0 aromatic rings. The Morgan fingerprint density at radius 2 is 2.25 bits per heavy atom. The van der Waals surface area contributed by atoms with Crippen molar-refractivity contribution in [3.05, 3.63) is 11.6 Å². The minimum absolute atomic E-state index is 0.650. The van der Waals surface area contributed by atoms with Gasteiger partial charge in [0.25, 0.3) is 0 Å². The molecule has 1 aliphatic heterocycles. The monoisotopic (exact) mass is 168 g/mol. The molecule has 1 heteroatoms. The fourth-order valence-electron chi connectivity index (χ4n) is 1.78. The first-order valence-corrected chi connectivity index (χ1v) is 4.97. The lowest BCUT2D eigenvalue weighted by Gasteiger charge is -2.20. The Bertz CT molecular complexity index is 160. The van der Waals surface area contributed by atoms with Gasteiger partial charge < -0.3 is 4.74 Å². The van der Waals surface area contributed by atoms with Crippen LogP contribution in [0.4, 0.5) is 0 Å². The summed E-state index contributed by atoms with van der Waals surface area (Å²) in [5.41, 5.74) is 1.54. The van der Waals surface area contributed by atoms with Gasteiger partial charge in [0, 0.05) is 12.5 Å². The molecule has 0 bridgehead atoms. The number of rotatable bonds is 1. The van der Waals surface area contributed by atoms with Gasteiger partial charge >= 0.3 is 0 Å². The van der Waals surface area contributed by atoms with E-state index < -0.39 is 0 Å². The van der Waals surface area contributed by atoms with Crippen LogP contribution in [0.15, 0.2) is 11.6 Å². The minimum atomic E-state index is 0.650. The van der Waals surface area contributed by atoms with Crippen molar-refractivity contribution in [2.45, 2.75) is 33.6 Å². The van der Waals surface area contributed by atoms with Crippen LogP contribution in [0.3, 0.4) is 0 Å². The van der Waals surface area contributed by atoms with E-state index in [-0.39, 0.29) is 0 Å². The zero-order valence-corrected chi connectivity index (χ0v) is 8.47. The highest BCUT2D eigenvalue weighted by atomic mass is 16.5. The highest BCUT2D eigenvalue weighted by Crippen LogP contribution is 2.19. The summed E-state index contributed by atoms with van der Waals surface area (Å²) in [4.78, 5) is 0. The molecule has 0 aromatic carbocycles. The van der Waals surface area contributed by atoms with Crippen LogP contribution in [0.5, 0.6) is 0 Å². The molecule has 1 aliphatic rings. The van der Waals surface area contributed by atoms with Gasteiger partial charge in [-0.05, 0) is 25.7 Å². The maximum absolute atomic E-state index is 5.59.